The van der Waals surface area contributed by atoms with E-state index in [1.165, 1.54) is 0 Å². The van der Waals surface area contributed by atoms with Gasteiger partial charge < -0.3 is 5.11 Å². The van der Waals surface area contributed by atoms with Gasteiger partial charge in [0.1, 0.15) is 11.8 Å². The third-order valence-corrected chi connectivity index (χ3v) is 4.73. The minimum absolute atomic E-state index is 0.278. The van der Waals surface area contributed by atoms with E-state index in [1.807, 2.05) is 55.5 Å². The number of phenolic OH excluding ortho intramolecular Hbond substituents is 1. The zero-order valence-corrected chi connectivity index (χ0v) is 12.3. The number of rotatable bonds is 2. The van der Waals surface area contributed by atoms with Gasteiger partial charge in [0.2, 0.25) is 0 Å². The molecule has 0 spiro atoms. The Balaban J connectivity index is 2.16. The number of aryl methyl sites for hydroxylation is 1. The molecule has 0 aliphatic rings. The van der Waals surface area contributed by atoms with E-state index in [-0.39, 0.29) is 5.75 Å². The summed E-state index contributed by atoms with van der Waals surface area (Å²) in [7, 11) is 0. The molecular formula is C18H13NOS. The van der Waals surface area contributed by atoms with Crippen LogP contribution in [0.5, 0.6) is 5.75 Å². The first-order chi connectivity index (χ1) is 10.2. The second kappa shape index (κ2) is 5.51. The van der Waals surface area contributed by atoms with E-state index in [9.17, 15) is 10.4 Å². The summed E-state index contributed by atoms with van der Waals surface area (Å²) in [6.07, 6.45) is 0. The maximum atomic E-state index is 9.96. The molecule has 0 aliphatic heterocycles. The Kier molecular flexibility index (Phi) is 3.55. The van der Waals surface area contributed by atoms with Crippen LogP contribution in [0.1, 0.15) is 11.1 Å². The fourth-order valence-corrected chi connectivity index (χ4v) is 3.43. The van der Waals surface area contributed by atoms with E-state index in [2.05, 4.69) is 6.07 Å². The van der Waals surface area contributed by atoms with Gasteiger partial charge in [0.25, 0.3) is 0 Å². The van der Waals surface area contributed by atoms with Crippen LogP contribution < -0.4 is 0 Å². The fourth-order valence-electron chi connectivity index (χ4n) is 2.33. The summed E-state index contributed by atoms with van der Waals surface area (Å²) in [4.78, 5) is 2.00. The van der Waals surface area contributed by atoms with Crippen molar-refractivity contribution in [2.45, 2.75) is 16.7 Å². The van der Waals surface area contributed by atoms with Crippen molar-refractivity contribution in [1.82, 2.24) is 0 Å². The number of nitrogens with zero attached hydrogens (tertiary/aromatic N) is 1. The van der Waals surface area contributed by atoms with Gasteiger partial charge in [0.15, 0.2) is 0 Å². The quantitative estimate of drug-likeness (QED) is 0.732. The van der Waals surface area contributed by atoms with E-state index < -0.39 is 0 Å². The van der Waals surface area contributed by atoms with Crippen LogP contribution >= 0.6 is 11.8 Å². The molecule has 3 aromatic carbocycles. The highest BCUT2D eigenvalue weighted by atomic mass is 32.2. The van der Waals surface area contributed by atoms with Crippen LogP contribution in [0, 0.1) is 18.3 Å². The molecule has 3 aromatic rings. The molecule has 0 bridgehead atoms. The van der Waals surface area contributed by atoms with Crippen molar-refractivity contribution in [3.05, 3.63) is 65.7 Å². The van der Waals surface area contributed by atoms with Gasteiger partial charge in [-0.15, -0.1) is 0 Å². The first-order valence-electron chi connectivity index (χ1n) is 6.59. The molecule has 102 valence electrons. The summed E-state index contributed by atoms with van der Waals surface area (Å²) in [6, 6.07) is 19.3. The molecule has 0 unspecified atom stereocenters. The predicted octanol–water partition coefficient (Wildman–Crippen LogP) is 4.88. The fraction of sp³-hybridized carbons (Fsp3) is 0.0556. The van der Waals surface area contributed by atoms with Gasteiger partial charge in [0, 0.05) is 15.2 Å². The van der Waals surface area contributed by atoms with Gasteiger partial charge in [-0.1, -0.05) is 48.2 Å². The molecule has 0 amide bonds. The lowest BCUT2D eigenvalue weighted by Crippen LogP contribution is -1.87. The molecule has 0 atom stereocenters. The maximum absolute atomic E-state index is 9.96. The van der Waals surface area contributed by atoms with Gasteiger partial charge in [-0.2, -0.15) is 5.26 Å². The Morgan fingerprint density at radius 2 is 1.71 bits per heavy atom. The number of aromatic hydroxyl groups is 1. The standard InChI is InChI=1S/C18H13NOS/c1-12-5-4-6-13(11-19)18(12)21-17-10-9-16(20)14-7-2-3-8-15(14)17/h2-10,20H,1H3. The first-order valence-corrected chi connectivity index (χ1v) is 7.40. The molecule has 0 fully saturated rings. The molecule has 2 nitrogen and oxygen atoms in total. The van der Waals surface area contributed by atoms with Crippen molar-refractivity contribution in [3.63, 3.8) is 0 Å². The summed E-state index contributed by atoms with van der Waals surface area (Å²) in [5.41, 5.74) is 1.76. The first kappa shape index (κ1) is 13.5. The van der Waals surface area contributed by atoms with E-state index in [0.29, 0.717) is 5.56 Å². The number of phenols is 1. The van der Waals surface area contributed by atoms with E-state index in [4.69, 9.17) is 0 Å². The third kappa shape index (κ3) is 2.46. The highest BCUT2D eigenvalue weighted by Gasteiger charge is 2.11. The van der Waals surface area contributed by atoms with Crippen LogP contribution in [0.25, 0.3) is 10.8 Å². The SMILES string of the molecule is Cc1cccc(C#N)c1Sc1ccc(O)c2ccccc12. The van der Waals surface area contributed by atoms with Crippen LogP contribution in [-0.2, 0) is 0 Å². The Morgan fingerprint density at radius 3 is 2.48 bits per heavy atom. The second-order valence-electron chi connectivity index (χ2n) is 4.79. The third-order valence-electron chi connectivity index (χ3n) is 3.41. The zero-order valence-electron chi connectivity index (χ0n) is 11.5. The van der Waals surface area contributed by atoms with Gasteiger partial charge in [-0.3, -0.25) is 0 Å². The Bertz CT molecular complexity index is 865. The van der Waals surface area contributed by atoms with Crippen LogP contribution in [-0.4, -0.2) is 5.11 Å². The van der Waals surface area contributed by atoms with Crippen molar-refractivity contribution in [2.75, 3.05) is 0 Å². The lowest BCUT2D eigenvalue weighted by molar-refractivity contribution is 0.481. The summed E-state index contributed by atoms with van der Waals surface area (Å²) in [5, 5.41) is 21.1. The highest BCUT2D eigenvalue weighted by Crippen LogP contribution is 2.39. The zero-order chi connectivity index (χ0) is 14.8. The molecule has 3 heteroatoms. The summed E-state index contributed by atoms with van der Waals surface area (Å²) >= 11 is 1.57. The molecule has 21 heavy (non-hydrogen) atoms. The monoisotopic (exact) mass is 291 g/mol. The van der Waals surface area contributed by atoms with Crippen molar-refractivity contribution in [1.29, 1.82) is 5.26 Å². The highest BCUT2D eigenvalue weighted by molar-refractivity contribution is 7.99. The van der Waals surface area contributed by atoms with Crippen LogP contribution in [0.2, 0.25) is 0 Å². The Hall–Kier alpha value is -2.44. The van der Waals surface area contributed by atoms with Gasteiger partial charge in [-0.05, 0) is 36.1 Å². The number of benzene rings is 3. The molecule has 0 radical (unpaired) electrons. The van der Waals surface area contributed by atoms with Gasteiger partial charge >= 0.3 is 0 Å². The summed E-state index contributed by atoms with van der Waals surface area (Å²) in [6.45, 7) is 2.01. The minimum atomic E-state index is 0.278. The van der Waals surface area contributed by atoms with Crippen LogP contribution in [0.3, 0.4) is 0 Å². The largest absolute Gasteiger partial charge is 0.507 e. The average molecular weight is 291 g/mol. The normalized spacial score (nSPS) is 10.5. The summed E-state index contributed by atoms with van der Waals surface area (Å²) in [5.74, 6) is 0.278. The number of hydrogen-bond donors (Lipinski definition) is 1. The van der Waals surface area contributed by atoms with E-state index in [1.54, 1.807) is 17.8 Å². The van der Waals surface area contributed by atoms with Crippen molar-refractivity contribution in [3.8, 4) is 11.8 Å². The molecule has 0 heterocycles. The molecule has 3 rings (SSSR count). The Labute approximate surface area is 127 Å². The molecule has 0 saturated heterocycles. The molecule has 1 N–H and O–H groups in total. The smallest absolute Gasteiger partial charge is 0.123 e. The van der Waals surface area contributed by atoms with Crippen LogP contribution in [0.15, 0.2) is 64.4 Å². The number of nitriles is 1. The average Bonchev–Trinajstić information content (AvgIpc) is 2.52. The molecular weight excluding hydrogens is 278 g/mol. The van der Waals surface area contributed by atoms with Gasteiger partial charge in [-0.25, -0.2) is 0 Å². The predicted molar refractivity (Wildman–Crippen MR) is 85.6 cm³/mol. The van der Waals surface area contributed by atoms with Crippen molar-refractivity contribution in [2.24, 2.45) is 0 Å². The van der Waals surface area contributed by atoms with E-state index in [0.717, 1.165) is 26.1 Å². The lowest BCUT2D eigenvalue weighted by Gasteiger charge is -2.11. The summed E-state index contributed by atoms with van der Waals surface area (Å²) < 4.78 is 0. The van der Waals surface area contributed by atoms with Crippen molar-refractivity contribution < 1.29 is 5.11 Å². The van der Waals surface area contributed by atoms with Crippen LogP contribution in [0.4, 0.5) is 0 Å². The molecule has 0 aromatic heterocycles. The second-order valence-corrected chi connectivity index (χ2v) is 5.85. The lowest BCUT2D eigenvalue weighted by atomic mass is 10.1. The van der Waals surface area contributed by atoms with Gasteiger partial charge in [0.05, 0.1) is 5.56 Å². The molecule has 0 saturated carbocycles. The minimum Gasteiger partial charge on any atom is -0.507 e. The number of fused-ring (bicyclic) bond motifs is 1. The van der Waals surface area contributed by atoms with Crippen molar-refractivity contribution >= 4 is 22.5 Å². The van der Waals surface area contributed by atoms with E-state index >= 15 is 0 Å². The topological polar surface area (TPSA) is 44.0 Å². The maximum Gasteiger partial charge on any atom is 0.123 e. The Morgan fingerprint density at radius 1 is 0.952 bits per heavy atom. The number of hydrogen-bond acceptors (Lipinski definition) is 3. The molecule has 0 aliphatic carbocycles.